The van der Waals surface area contributed by atoms with E-state index in [1.807, 2.05) is 0 Å². The average Bonchev–Trinajstić information content (AvgIpc) is 2.36. The maximum Gasteiger partial charge on any atom is 0.161 e. The number of hydrogen-bond acceptors (Lipinski definition) is 3. The first-order valence-corrected chi connectivity index (χ1v) is 5.60. The van der Waals surface area contributed by atoms with E-state index >= 15 is 0 Å². The molecule has 0 aliphatic carbocycles. The summed E-state index contributed by atoms with van der Waals surface area (Å²) >= 11 is 0. The Labute approximate surface area is 109 Å². The maximum absolute atomic E-state index is 13.1. The highest BCUT2D eigenvalue weighted by Gasteiger charge is 2.07. The molecule has 0 unspecified atom stereocenters. The van der Waals surface area contributed by atoms with Crippen molar-refractivity contribution in [1.29, 1.82) is 0 Å². The van der Waals surface area contributed by atoms with Gasteiger partial charge in [0.05, 0.1) is 0 Å². The van der Waals surface area contributed by atoms with Crippen molar-refractivity contribution in [3.63, 3.8) is 0 Å². The van der Waals surface area contributed by atoms with E-state index in [2.05, 4.69) is 5.32 Å². The molecule has 0 fully saturated rings. The summed E-state index contributed by atoms with van der Waals surface area (Å²) < 4.78 is 25.9. The first kappa shape index (κ1) is 13.0. The van der Waals surface area contributed by atoms with Crippen LogP contribution in [0.4, 0.5) is 25.8 Å². The minimum atomic E-state index is -0.938. The van der Waals surface area contributed by atoms with Crippen LogP contribution in [0.25, 0.3) is 0 Å². The van der Waals surface area contributed by atoms with E-state index in [9.17, 15) is 13.6 Å². The third-order valence-electron chi connectivity index (χ3n) is 2.64. The van der Waals surface area contributed by atoms with Gasteiger partial charge < -0.3 is 11.1 Å². The molecule has 2 rings (SSSR count). The maximum atomic E-state index is 13.1. The lowest BCUT2D eigenvalue weighted by Crippen LogP contribution is -2.01. The second-order valence-electron chi connectivity index (χ2n) is 4.11. The van der Waals surface area contributed by atoms with Gasteiger partial charge in [0.15, 0.2) is 17.4 Å². The molecular formula is C14H12F2N2O. The van der Waals surface area contributed by atoms with Crippen LogP contribution in [0.2, 0.25) is 0 Å². The summed E-state index contributed by atoms with van der Waals surface area (Å²) in [5.41, 5.74) is 7.39. The Morgan fingerprint density at radius 2 is 1.68 bits per heavy atom. The number of nitrogens with one attached hydrogen (secondary N) is 1. The molecule has 0 spiro atoms. The van der Waals surface area contributed by atoms with Crippen LogP contribution < -0.4 is 11.1 Å². The van der Waals surface area contributed by atoms with Gasteiger partial charge in [-0.25, -0.2) is 8.78 Å². The Morgan fingerprint density at radius 3 is 2.32 bits per heavy atom. The molecule has 0 saturated heterocycles. The second kappa shape index (κ2) is 5.06. The number of anilines is 3. The van der Waals surface area contributed by atoms with Crippen LogP contribution in [-0.2, 0) is 0 Å². The Kier molecular flexibility index (Phi) is 3.46. The molecule has 98 valence electrons. The van der Waals surface area contributed by atoms with E-state index in [-0.39, 0.29) is 5.78 Å². The molecule has 0 bridgehead atoms. The minimum Gasteiger partial charge on any atom is -0.398 e. The number of rotatable bonds is 3. The van der Waals surface area contributed by atoms with Gasteiger partial charge in [-0.05, 0) is 37.3 Å². The predicted octanol–water partition coefficient (Wildman–Crippen LogP) is 3.49. The molecule has 0 aromatic heterocycles. The minimum absolute atomic E-state index is 0.161. The zero-order valence-electron chi connectivity index (χ0n) is 10.2. The Hall–Kier alpha value is -2.43. The number of carbonyl (C=O) groups excluding carboxylic acids is 1. The van der Waals surface area contributed by atoms with E-state index < -0.39 is 11.6 Å². The molecule has 2 aromatic rings. The van der Waals surface area contributed by atoms with Crippen molar-refractivity contribution in [3.05, 3.63) is 53.6 Å². The molecule has 0 aliphatic heterocycles. The molecule has 3 nitrogen and oxygen atoms in total. The monoisotopic (exact) mass is 262 g/mol. The van der Waals surface area contributed by atoms with E-state index in [4.69, 9.17) is 5.73 Å². The van der Waals surface area contributed by atoms with E-state index in [1.165, 1.54) is 13.0 Å². The summed E-state index contributed by atoms with van der Waals surface area (Å²) in [6, 6.07) is 8.28. The van der Waals surface area contributed by atoms with Gasteiger partial charge in [0, 0.05) is 28.7 Å². The number of benzene rings is 2. The highest BCUT2D eigenvalue weighted by atomic mass is 19.2. The standard InChI is InChI=1S/C14H12F2N2O/c1-8(19)11-6-9(3-5-14(11)17)18-10-2-4-12(15)13(16)7-10/h2-7,18H,17H2,1H3. The summed E-state index contributed by atoms with van der Waals surface area (Å²) in [4.78, 5) is 11.4. The molecule has 19 heavy (non-hydrogen) atoms. The van der Waals surface area contributed by atoms with E-state index in [0.717, 1.165) is 12.1 Å². The van der Waals surface area contributed by atoms with Crippen molar-refractivity contribution in [3.8, 4) is 0 Å². The van der Waals surface area contributed by atoms with Crippen LogP contribution in [0.3, 0.4) is 0 Å². The van der Waals surface area contributed by atoms with Gasteiger partial charge in [0.2, 0.25) is 0 Å². The van der Waals surface area contributed by atoms with Gasteiger partial charge in [0.25, 0.3) is 0 Å². The number of nitrogens with two attached hydrogens (primary N) is 1. The van der Waals surface area contributed by atoms with E-state index in [1.54, 1.807) is 18.2 Å². The first-order chi connectivity index (χ1) is 8.97. The number of carbonyl (C=O) groups is 1. The second-order valence-corrected chi connectivity index (χ2v) is 4.11. The fourth-order valence-electron chi connectivity index (χ4n) is 1.68. The van der Waals surface area contributed by atoms with E-state index in [0.29, 0.717) is 22.6 Å². The summed E-state index contributed by atoms with van der Waals surface area (Å²) in [5.74, 6) is -2.01. The molecule has 0 saturated carbocycles. The Balaban J connectivity index is 2.30. The molecule has 0 amide bonds. The fourth-order valence-corrected chi connectivity index (χ4v) is 1.68. The summed E-state index contributed by atoms with van der Waals surface area (Å²) in [5, 5.41) is 2.88. The van der Waals surface area contributed by atoms with Crippen LogP contribution in [0, 0.1) is 11.6 Å². The lowest BCUT2D eigenvalue weighted by Gasteiger charge is -2.09. The highest BCUT2D eigenvalue weighted by Crippen LogP contribution is 2.23. The summed E-state index contributed by atoms with van der Waals surface area (Å²) in [7, 11) is 0. The van der Waals surface area contributed by atoms with Crippen molar-refractivity contribution in [2.75, 3.05) is 11.1 Å². The van der Waals surface area contributed by atoms with Gasteiger partial charge in [-0.3, -0.25) is 4.79 Å². The third-order valence-corrected chi connectivity index (χ3v) is 2.64. The van der Waals surface area contributed by atoms with Crippen LogP contribution in [0.1, 0.15) is 17.3 Å². The number of hydrogen-bond donors (Lipinski definition) is 2. The number of ketones is 1. The number of nitrogen functional groups attached to an aromatic ring is 1. The Bertz CT molecular complexity index is 641. The number of halogens is 2. The molecule has 5 heteroatoms. The normalized spacial score (nSPS) is 10.3. The van der Waals surface area contributed by atoms with Gasteiger partial charge in [-0.1, -0.05) is 0 Å². The fraction of sp³-hybridized carbons (Fsp3) is 0.0714. The van der Waals surface area contributed by atoms with Crippen LogP contribution in [0.5, 0.6) is 0 Å². The molecule has 0 radical (unpaired) electrons. The van der Waals surface area contributed by atoms with Crippen molar-refractivity contribution in [1.82, 2.24) is 0 Å². The van der Waals surface area contributed by atoms with Crippen molar-refractivity contribution in [2.24, 2.45) is 0 Å². The highest BCUT2D eigenvalue weighted by molar-refractivity contribution is 6.00. The van der Waals surface area contributed by atoms with Crippen molar-refractivity contribution < 1.29 is 13.6 Å². The summed E-state index contributed by atoms with van der Waals surface area (Å²) in [6.07, 6.45) is 0. The van der Waals surface area contributed by atoms with Crippen molar-refractivity contribution in [2.45, 2.75) is 6.92 Å². The third kappa shape index (κ3) is 2.88. The largest absolute Gasteiger partial charge is 0.398 e. The van der Waals surface area contributed by atoms with Gasteiger partial charge in [-0.15, -0.1) is 0 Å². The first-order valence-electron chi connectivity index (χ1n) is 5.60. The zero-order chi connectivity index (χ0) is 14.0. The lowest BCUT2D eigenvalue weighted by atomic mass is 10.1. The van der Waals surface area contributed by atoms with Gasteiger partial charge >= 0.3 is 0 Å². The Morgan fingerprint density at radius 1 is 1.05 bits per heavy atom. The van der Waals surface area contributed by atoms with Gasteiger partial charge in [0.1, 0.15) is 0 Å². The smallest absolute Gasteiger partial charge is 0.161 e. The van der Waals surface area contributed by atoms with Gasteiger partial charge in [-0.2, -0.15) is 0 Å². The summed E-state index contributed by atoms with van der Waals surface area (Å²) in [6.45, 7) is 1.41. The average molecular weight is 262 g/mol. The molecular weight excluding hydrogens is 250 g/mol. The molecule has 0 heterocycles. The van der Waals surface area contributed by atoms with Crippen molar-refractivity contribution >= 4 is 22.8 Å². The quantitative estimate of drug-likeness (QED) is 0.657. The predicted molar refractivity (Wildman–Crippen MR) is 70.5 cm³/mol. The molecule has 0 atom stereocenters. The van der Waals surface area contributed by atoms with Crippen LogP contribution in [0.15, 0.2) is 36.4 Å². The topological polar surface area (TPSA) is 55.1 Å². The van der Waals surface area contributed by atoms with Crippen LogP contribution >= 0.6 is 0 Å². The molecule has 0 aliphatic rings. The molecule has 3 N–H and O–H groups in total. The lowest BCUT2D eigenvalue weighted by molar-refractivity contribution is 0.101. The number of Topliss-reactive ketones (excluding diaryl/α,β-unsaturated/α-hetero) is 1. The zero-order valence-corrected chi connectivity index (χ0v) is 10.2. The van der Waals surface area contributed by atoms with Crippen LogP contribution in [-0.4, -0.2) is 5.78 Å². The SMILES string of the molecule is CC(=O)c1cc(Nc2ccc(F)c(F)c2)ccc1N. The molecule has 2 aromatic carbocycles.